The smallest absolute Gasteiger partial charge is 0.253 e. The van der Waals surface area contributed by atoms with Crippen molar-refractivity contribution < 1.29 is 4.79 Å². The third-order valence-corrected chi connectivity index (χ3v) is 4.75. The number of nitrogens with zero attached hydrogens (tertiary/aromatic N) is 3. The number of rotatable bonds is 4. The molecular formula is C18H14N4OS. The molecule has 2 heterocycles. The Morgan fingerprint density at radius 3 is 2.75 bits per heavy atom. The van der Waals surface area contributed by atoms with Crippen LogP contribution in [0.4, 0.5) is 0 Å². The average Bonchev–Trinajstić information content (AvgIpc) is 3.27. The summed E-state index contributed by atoms with van der Waals surface area (Å²) in [6, 6.07) is 17.7. The predicted octanol–water partition coefficient (Wildman–Crippen LogP) is 3.41. The van der Waals surface area contributed by atoms with E-state index in [0.29, 0.717) is 17.9 Å². The van der Waals surface area contributed by atoms with E-state index in [9.17, 15) is 4.79 Å². The van der Waals surface area contributed by atoms with Crippen molar-refractivity contribution >= 4 is 27.3 Å². The lowest BCUT2D eigenvalue weighted by molar-refractivity contribution is 0.0951. The van der Waals surface area contributed by atoms with E-state index in [1.807, 2.05) is 64.5 Å². The van der Waals surface area contributed by atoms with Crippen LogP contribution >= 0.6 is 11.3 Å². The zero-order chi connectivity index (χ0) is 16.4. The first-order chi connectivity index (χ1) is 11.8. The van der Waals surface area contributed by atoms with Gasteiger partial charge in [0.15, 0.2) is 5.82 Å². The molecule has 118 valence electrons. The van der Waals surface area contributed by atoms with Gasteiger partial charge in [0.25, 0.3) is 5.91 Å². The molecule has 24 heavy (non-hydrogen) atoms. The third kappa shape index (κ3) is 2.68. The van der Waals surface area contributed by atoms with Crippen LogP contribution in [0.25, 0.3) is 15.8 Å². The number of thiophene rings is 1. The fourth-order valence-corrected chi connectivity index (χ4v) is 3.53. The average molecular weight is 334 g/mol. The molecule has 0 atom stereocenters. The highest BCUT2D eigenvalue weighted by molar-refractivity contribution is 7.17. The van der Waals surface area contributed by atoms with Gasteiger partial charge in [0.05, 0.1) is 12.1 Å². The molecule has 2 aromatic heterocycles. The number of amides is 1. The van der Waals surface area contributed by atoms with Gasteiger partial charge in [-0.15, -0.1) is 21.5 Å². The first-order valence-electron chi connectivity index (χ1n) is 7.51. The first kappa shape index (κ1) is 14.6. The van der Waals surface area contributed by atoms with E-state index >= 15 is 0 Å². The van der Waals surface area contributed by atoms with Gasteiger partial charge in [-0.05, 0) is 18.2 Å². The molecule has 4 rings (SSSR count). The molecule has 1 amide bonds. The highest BCUT2D eigenvalue weighted by atomic mass is 32.1. The number of hydrogen-bond acceptors (Lipinski definition) is 4. The van der Waals surface area contributed by atoms with Crippen molar-refractivity contribution in [2.45, 2.75) is 6.54 Å². The standard InChI is InChI=1S/C18H14N4OS/c23-18(15-11-24-16-9-5-4-8-14(15)16)19-10-17-21-20-12-22(17)13-6-2-1-3-7-13/h1-9,11-12H,10H2,(H,19,23). The van der Waals surface area contributed by atoms with E-state index in [1.54, 1.807) is 17.7 Å². The summed E-state index contributed by atoms with van der Waals surface area (Å²) >= 11 is 1.57. The number of fused-ring (bicyclic) bond motifs is 1. The zero-order valence-electron chi connectivity index (χ0n) is 12.7. The Hall–Kier alpha value is -2.99. The molecule has 0 fully saturated rings. The maximum Gasteiger partial charge on any atom is 0.253 e. The molecule has 0 saturated carbocycles. The molecule has 5 nitrogen and oxygen atoms in total. The SMILES string of the molecule is O=C(NCc1nncn1-c1ccccc1)c1csc2ccccc12. The van der Waals surface area contributed by atoms with Crippen LogP contribution in [0.15, 0.2) is 66.3 Å². The summed E-state index contributed by atoms with van der Waals surface area (Å²) in [7, 11) is 0. The molecule has 0 saturated heterocycles. The van der Waals surface area contributed by atoms with Crippen LogP contribution < -0.4 is 5.32 Å². The lowest BCUT2D eigenvalue weighted by Crippen LogP contribution is -2.24. The Morgan fingerprint density at radius 1 is 1.08 bits per heavy atom. The Labute approximate surface area is 142 Å². The maximum absolute atomic E-state index is 12.5. The van der Waals surface area contributed by atoms with Gasteiger partial charge in [-0.1, -0.05) is 36.4 Å². The normalized spacial score (nSPS) is 10.8. The van der Waals surface area contributed by atoms with Crippen LogP contribution in [0.1, 0.15) is 16.2 Å². The van der Waals surface area contributed by atoms with E-state index in [1.165, 1.54) is 0 Å². The van der Waals surface area contributed by atoms with Gasteiger partial charge >= 0.3 is 0 Å². The molecule has 0 spiro atoms. The molecule has 0 unspecified atom stereocenters. The minimum atomic E-state index is -0.102. The number of aromatic nitrogens is 3. The summed E-state index contributed by atoms with van der Waals surface area (Å²) < 4.78 is 2.97. The Morgan fingerprint density at radius 2 is 1.88 bits per heavy atom. The topological polar surface area (TPSA) is 59.8 Å². The Balaban J connectivity index is 1.54. The number of para-hydroxylation sites is 1. The molecular weight excluding hydrogens is 320 g/mol. The highest BCUT2D eigenvalue weighted by Gasteiger charge is 2.13. The molecule has 2 aromatic carbocycles. The molecule has 0 aliphatic rings. The molecule has 0 bridgehead atoms. The van der Waals surface area contributed by atoms with Crippen molar-refractivity contribution in [2.24, 2.45) is 0 Å². The molecule has 4 aromatic rings. The number of benzene rings is 2. The minimum absolute atomic E-state index is 0.102. The predicted molar refractivity (Wildman–Crippen MR) is 94.4 cm³/mol. The van der Waals surface area contributed by atoms with Crippen molar-refractivity contribution in [1.82, 2.24) is 20.1 Å². The Kier molecular flexibility index (Phi) is 3.80. The van der Waals surface area contributed by atoms with Crippen LogP contribution in [0.3, 0.4) is 0 Å². The maximum atomic E-state index is 12.5. The second-order valence-corrected chi connectivity index (χ2v) is 6.19. The second kappa shape index (κ2) is 6.25. The molecule has 0 radical (unpaired) electrons. The number of nitrogens with one attached hydrogen (secondary N) is 1. The third-order valence-electron chi connectivity index (χ3n) is 3.79. The number of carbonyl (C=O) groups is 1. The van der Waals surface area contributed by atoms with Gasteiger partial charge < -0.3 is 5.32 Å². The summed E-state index contributed by atoms with van der Waals surface area (Å²) in [5.41, 5.74) is 1.66. The van der Waals surface area contributed by atoms with Crippen molar-refractivity contribution in [3.05, 3.63) is 77.7 Å². The van der Waals surface area contributed by atoms with Crippen LogP contribution in [0.5, 0.6) is 0 Å². The zero-order valence-corrected chi connectivity index (χ0v) is 13.5. The van der Waals surface area contributed by atoms with Crippen molar-refractivity contribution in [3.63, 3.8) is 0 Å². The number of carbonyl (C=O) groups excluding carboxylic acids is 1. The summed E-state index contributed by atoms with van der Waals surface area (Å²) in [5, 5.41) is 13.9. The minimum Gasteiger partial charge on any atom is -0.345 e. The fraction of sp³-hybridized carbons (Fsp3) is 0.0556. The summed E-state index contributed by atoms with van der Waals surface area (Å²) in [6.45, 7) is 0.317. The van der Waals surface area contributed by atoms with Crippen LogP contribution in [0.2, 0.25) is 0 Å². The van der Waals surface area contributed by atoms with Gasteiger partial charge in [-0.2, -0.15) is 0 Å². The lowest BCUT2D eigenvalue weighted by atomic mass is 10.1. The quantitative estimate of drug-likeness (QED) is 0.622. The lowest BCUT2D eigenvalue weighted by Gasteiger charge is -2.07. The highest BCUT2D eigenvalue weighted by Crippen LogP contribution is 2.25. The van der Waals surface area contributed by atoms with Gasteiger partial charge in [0.2, 0.25) is 0 Å². The fourth-order valence-electron chi connectivity index (χ4n) is 2.59. The van der Waals surface area contributed by atoms with E-state index < -0.39 is 0 Å². The molecule has 0 aliphatic carbocycles. The number of hydrogen-bond donors (Lipinski definition) is 1. The van der Waals surface area contributed by atoms with Crippen LogP contribution in [-0.2, 0) is 6.54 Å². The van der Waals surface area contributed by atoms with Crippen molar-refractivity contribution in [3.8, 4) is 5.69 Å². The summed E-state index contributed by atoms with van der Waals surface area (Å²) in [6.07, 6.45) is 1.65. The van der Waals surface area contributed by atoms with Gasteiger partial charge in [0, 0.05) is 21.2 Å². The molecule has 0 aliphatic heterocycles. The first-order valence-corrected chi connectivity index (χ1v) is 8.39. The largest absolute Gasteiger partial charge is 0.345 e. The van der Waals surface area contributed by atoms with Crippen LogP contribution in [-0.4, -0.2) is 20.7 Å². The summed E-state index contributed by atoms with van der Waals surface area (Å²) in [5.74, 6) is 0.587. The van der Waals surface area contributed by atoms with E-state index in [2.05, 4.69) is 15.5 Å². The van der Waals surface area contributed by atoms with Gasteiger partial charge in [-0.3, -0.25) is 9.36 Å². The van der Waals surface area contributed by atoms with Crippen molar-refractivity contribution in [1.29, 1.82) is 0 Å². The van der Waals surface area contributed by atoms with E-state index in [-0.39, 0.29) is 5.91 Å². The molecule has 6 heteroatoms. The van der Waals surface area contributed by atoms with Gasteiger partial charge in [-0.25, -0.2) is 0 Å². The van der Waals surface area contributed by atoms with E-state index in [4.69, 9.17) is 0 Å². The second-order valence-electron chi connectivity index (χ2n) is 5.28. The Bertz CT molecular complexity index is 990. The van der Waals surface area contributed by atoms with E-state index in [0.717, 1.165) is 15.8 Å². The van der Waals surface area contributed by atoms with Crippen LogP contribution in [0, 0.1) is 0 Å². The monoisotopic (exact) mass is 334 g/mol. The summed E-state index contributed by atoms with van der Waals surface area (Å²) in [4.78, 5) is 12.5. The van der Waals surface area contributed by atoms with Gasteiger partial charge in [0.1, 0.15) is 6.33 Å². The molecule has 1 N–H and O–H groups in total. The van der Waals surface area contributed by atoms with Crippen molar-refractivity contribution in [2.75, 3.05) is 0 Å².